The summed E-state index contributed by atoms with van der Waals surface area (Å²) in [6.07, 6.45) is 4.31. The minimum absolute atomic E-state index is 0.0127. The zero-order valence-electron chi connectivity index (χ0n) is 12.7. The molecule has 2 aromatic heterocycles. The van der Waals surface area contributed by atoms with Crippen LogP contribution in [0.4, 0.5) is 5.69 Å². The quantitative estimate of drug-likeness (QED) is 0.451. The van der Waals surface area contributed by atoms with Crippen LogP contribution >= 0.6 is 0 Å². The molecule has 24 heavy (non-hydrogen) atoms. The van der Waals surface area contributed by atoms with Crippen LogP contribution < -0.4 is 0 Å². The lowest BCUT2D eigenvalue weighted by Crippen LogP contribution is -1.92. The van der Waals surface area contributed by atoms with Crippen LogP contribution in [0.5, 0.6) is 0 Å². The molecular formula is C17H13N3O4. The molecule has 0 fully saturated rings. The number of benzene rings is 1. The Hall–Kier alpha value is -3.48. The molecule has 1 aromatic carbocycles. The van der Waals surface area contributed by atoms with Crippen molar-refractivity contribution in [2.75, 3.05) is 0 Å². The number of hydrogen-bond acceptors (Lipinski definition) is 4. The van der Waals surface area contributed by atoms with Gasteiger partial charge in [0.05, 0.1) is 16.3 Å². The average Bonchev–Trinajstić information content (AvgIpc) is 2.93. The third-order valence-corrected chi connectivity index (χ3v) is 3.62. The number of carboxylic acid groups (broad SMARTS) is 1. The van der Waals surface area contributed by atoms with Crippen molar-refractivity contribution >= 4 is 23.4 Å². The Morgan fingerprint density at radius 1 is 1.29 bits per heavy atom. The maximum atomic E-state index is 10.9. The summed E-state index contributed by atoms with van der Waals surface area (Å²) >= 11 is 0. The van der Waals surface area contributed by atoms with Gasteiger partial charge in [-0.15, -0.1) is 0 Å². The molecule has 0 amide bonds. The van der Waals surface area contributed by atoms with Crippen LogP contribution in [-0.4, -0.2) is 25.4 Å². The molecule has 0 aliphatic rings. The van der Waals surface area contributed by atoms with Gasteiger partial charge < -0.3 is 5.11 Å². The van der Waals surface area contributed by atoms with Crippen LogP contribution in [0.3, 0.4) is 0 Å². The Morgan fingerprint density at radius 2 is 2.00 bits per heavy atom. The van der Waals surface area contributed by atoms with E-state index in [0.29, 0.717) is 22.6 Å². The summed E-state index contributed by atoms with van der Waals surface area (Å²) in [4.78, 5) is 25.8. The summed E-state index contributed by atoms with van der Waals surface area (Å²) in [5.41, 5.74) is 3.48. The van der Waals surface area contributed by atoms with Crippen LogP contribution in [0.15, 0.2) is 48.7 Å². The number of non-ortho nitro benzene ring substituents is 1. The van der Waals surface area contributed by atoms with Crippen LogP contribution in [0.1, 0.15) is 11.3 Å². The molecule has 0 unspecified atom stereocenters. The van der Waals surface area contributed by atoms with Crippen molar-refractivity contribution in [3.8, 4) is 11.3 Å². The summed E-state index contributed by atoms with van der Waals surface area (Å²) in [5, 5.41) is 19.7. The number of hydrogen-bond donors (Lipinski definition) is 1. The number of aliphatic carboxylic acids is 1. The number of aromatic nitrogens is 2. The highest BCUT2D eigenvalue weighted by Gasteiger charge is 2.14. The molecule has 0 saturated heterocycles. The summed E-state index contributed by atoms with van der Waals surface area (Å²) < 4.78 is 1.80. The number of imidazole rings is 1. The molecule has 0 bridgehead atoms. The minimum Gasteiger partial charge on any atom is -0.478 e. The average molecular weight is 323 g/mol. The number of nitro groups is 1. The first kappa shape index (κ1) is 15.4. The standard InChI is InChI=1S/C17H13N3O4/c1-11-3-2-10-19-14(8-9-15(21)22)16(18-17(11)19)12-4-6-13(7-5-12)20(23)24/h2-10H,1H3,(H,21,22)/b9-8+. The lowest BCUT2D eigenvalue weighted by atomic mass is 10.1. The predicted octanol–water partition coefficient (Wildman–Crippen LogP) is 3.32. The van der Waals surface area contributed by atoms with Crippen molar-refractivity contribution in [2.45, 2.75) is 6.92 Å². The fourth-order valence-electron chi connectivity index (χ4n) is 2.49. The van der Waals surface area contributed by atoms with Gasteiger partial charge in [-0.25, -0.2) is 9.78 Å². The number of aryl methyl sites for hydroxylation is 1. The summed E-state index contributed by atoms with van der Waals surface area (Å²) in [6, 6.07) is 9.77. The molecule has 7 heteroatoms. The van der Waals surface area contributed by atoms with Crippen molar-refractivity contribution in [2.24, 2.45) is 0 Å². The highest BCUT2D eigenvalue weighted by Crippen LogP contribution is 2.28. The largest absolute Gasteiger partial charge is 0.478 e. The lowest BCUT2D eigenvalue weighted by Gasteiger charge is -2.01. The first-order valence-electron chi connectivity index (χ1n) is 7.11. The van der Waals surface area contributed by atoms with Crippen molar-refractivity contribution in [3.63, 3.8) is 0 Å². The molecule has 0 saturated carbocycles. The highest BCUT2D eigenvalue weighted by molar-refractivity contribution is 5.87. The number of nitrogens with zero attached hydrogens (tertiary/aromatic N) is 3. The van der Waals surface area contributed by atoms with Gasteiger partial charge in [-0.1, -0.05) is 6.07 Å². The fraction of sp³-hybridized carbons (Fsp3) is 0.0588. The van der Waals surface area contributed by atoms with E-state index in [1.807, 2.05) is 19.1 Å². The second kappa shape index (κ2) is 5.96. The van der Waals surface area contributed by atoms with Crippen LogP contribution in [0.2, 0.25) is 0 Å². The van der Waals surface area contributed by atoms with E-state index in [-0.39, 0.29) is 5.69 Å². The van der Waals surface area contributed by atoms with Gasteiger partial charge in [-0.3, -0.25) is 14.5 Å². The Kier molecular flexibility index (Phi) is 3.83. The molecule has 0 aliphatic carbocycles. The van der Waals surface area contributed by atoms with E-state index in [0.717, 1.165) is 11.6 Å². The normalized spacial score (nSPS) is 11.2. The first-order chi connectivity index (χ1) is 11.5. The molecule has 1 N–H and O–H groups in total. The molecule has 0 atom stereocenters. The molecule has 0 spiro atoms. The van der Waals surface area contributed by atoms with E-state index >= 15 is 0 Å². The maximum absolute atomic E-state index is 10.9. The van der Waals surface area contributed by atoms with Gasteiger partial charge >= 0.3 is 5.97 Å². The molecule has 3 rings (SSSR count). The minimum atomic E-state index is -1.06. The third-order valence-electron chi connectivity index (χ3n) is 3.62. The van der Waals surface area contributed by atoms with Crippen molar-refractivity contribution in [1.29, 1.82) is 0 Å². The molecule has 7 nitrogen and oxygen atoms in total. The Balaban J connectivity index is 2.22. The van der Waals surface area contributed by atoms with Gasteiger partial charge in [0, 0.05) is 30.0 Å². The maximum Gasteiger partial charge on any atom is 0.328 e. The molecular weight excluding hydrogens is 310 g/mol. The molecule has 120 valence electrons. The zero-order valence-corrected chi connectivity index (χ0v) is 12.7. The molecule has 3 aromatic rings. The van der Waals surface area contributed by atoms with Crippen LogP contribution in [0, 0.1) is 17.0 Å². The topological polar surface area (TPSA) is 97.7 Å². The Labute approximate surface area is 136 Å². The van der Waals surface area contributed by atoms with Gasteiger partial charge in [0.2, 0.25) is 0 Å². The SMILES string of the molecule is Cc1cccn2c(/C=C/C(=O)O)c(-c3ccc([N+](=O)[O-])cc3)nc12. The number of fused-ring (bicyclic) bond motifs is 1. The first-order valence-corrected chi connectivity index (χ1v) is 7.11. The number of pyridine rings is 1. The van der Waals surface area contributed by atoms with E-state index in [1.54, 1.807) is 22.7 Å². The van der Waals surface area contributed by atoms with Crippen molar-refractivity contribution in [1.82, 2.24) is 9.38 Å². The Bertz CT molecular complexity index is 971. The molecule has 0 radical (unpaired) electrons. The van der Waals surface area contributed by atoms with E-state index in [4.69, 9.17) is 5.11 Å². The van der Waals surface area contributed by atoms with Gasteiger partial charge in [0.25, 0.3) is 5.69 Å². The van der Waals surface area contributed by atoms with E-state index in [2.05, 4.69) is 4.98 Å². The van der Waals surface area contributed by atoms with E-state index < -0.39 is 10.9 Å². The molecule has 2 heterocycles. The zero-order chi connectivity index (χ0) is 17.3. The number of carbonyl (C=O) groups is 1. The monoisotopic (exact) mass is 323 g/mol. The second-order valence-electron chi connectivity index (χ2n) is 5.21. The van der Waals surface area contributed by atoms with Crippen LogP contribution in [0.25, 0.3) is 23.0 Å². The summed E-state index contributed by atoms with van der Waals surface area (Å²) in [6.45, 7) is 1.91. The highest BCUT2D eigenvalue weighted by atomic mass is 16.6. The van der Waals surface area contributed by atoms with Gasteiger partial charge in [0.1, 0.15) is 5.65 Å². The van der Waals surface area contributed by atoms with E-state index in [9.17, 15) is 14.9 Å². The van der Waals surface area contributed by atoms with Crippen LogP contribution in [-0.2, 0) is 4.79 Å². The third kappa shape index (κ3) is 2.74. The van der Waals surface area contributed by atoms with Gasteiger partial charge in [0.15, 0.2) is 0 Å². The summed E-state index contributed by atoms with van der Waals surface area (Å²) in [5.74, 6) is -1.06. The number of rotatable bonds is 4. The van der Waals surface area contributed by atoms with E-state index in [1.165, 1.54) is 18.2 Å². The van der Waals surface area contributed by atoms with Gasteiger partial charge in [-0.05, 0) is 36.8 Å². The predicted molar refractivity (Wildman–Crippen MR) is 88.7 cm³/mol. The lowest BCUT2D eigenvalue weighted by molar-refractivity contribution is -0.384. The van der Waals surface area contributed by atoms with Crippen molar-refractivity contribution in [3.05, 3.63) is 70.0 Å². The van der Waals surface area contributed by atoms with Crippen molar-refractivity contribution < 1.29 is 14.8 Å². The Morgan fingerprint density at radius 3 is 2.62 bits per heavy atom. The molecule has 0 aliphatic heterocycles. The van der Waals surface area contributed by atoms with Gasteiger partial charge in [-0.2, -0.15) is 0 Å². The number of nitro benzene ring substituents is 1. The smallest absolute Gasteiger partial charge is 0.328 e. The summed E-state index contributed by atoms with van der Waals surface area (Å²) in [7, 11) is 0. The number of carboxylic acids is 1. The second-order valence-corrected chi connectivity index (χ2v) is 5.21. The fourth-order valence-corrected chi connectivity index (χ4v) is 2.49.